The summed E-state index contributed by atoms with van der Waals surface area (Å²) < 4.78 is 6.78. The smallest absolute Gasteiger partial charge is 0.0576 e. The van der Waals surface area contributed by atoms with Crippen molar-refractivity contribution in [3.63, 3.8) is 0 Å². The molecule has 0 amide bonds. The highest BCUT2D eigenvalue weighted by Gasteiger charge is 2.18. The minimum atomic E-state index is 0.465. The van der Waals surface area contributed by atoms with E-state index in [1.165, 1.54) is 18.4 Å². The molecule has 0 radical (unpaired) electrons. The van der Waals surface area contributed by atoms with Gasteiger partial charge in [0, 0.05) is 11.1 Å². The van der Waals surface area contributed by atoms with Gasteiger partial charge in [0.25, 0.3) is 0 Å². The Morgan fingerprint density at radius 3 is 2.71 bits per heavy atom. The Morgan fingerprint density at radius 1 is 1.35 bits per heavy atom. The normalized spacial score (nSPS) is 21.6. The number of hydrogen-bond acceptors (Lipinski definition) is 2. The average molecular weight is 298 g/mol. The molecule has 94 valence electrons. The van der Waals surface area contributed by atoms with E-state index in [2.05, 4.69) is 40.2 Å². The first kappa shape index (κ1) is 13.1. The zero-order chi connectivity index (χ0) is 12.1. The summed E-state index contributed by atoms with van der Waals surface area (Å²) in [4.78, 5) is 0. The third-order valence-corrected chi connectivity index (χ3v) is 4.02. The van der Waals surface area contributed by atoms with Gasteiger partial charge in [-0.15, -0.1) is 0 Å². The summed E-state index contributed by atoms with van der Waals surface area (Å²) in [7, 11) is 0. The maximum atomic E-state index is 5.88. The van der Waals surface area contributed by atoms with E-state index in [4.69, 9.17) is 10.5 Å². The second-order valence-corrected chi connectivity index (χ2v) is 5.61. The molecule has 2 nitrogen and oxygen atoms in total. The predicted octanol–water partition coefficient (Wildman–Crippen LogP) is 3.45. The van der Waals surface area contributed by atoms with Crippen molar-refractivity contribution in [1.29, 1.82) is 0 Å². The Kier molecular flexibility index (Phi) is 5.01. The average Bonchev–Trinajstić information content (AvgIpc) is 2.85. The zero-order valence-corrected chi connectivity index (χ0v) is 11.7. The summed E-state index contributed by atoms with van der Waals surface area (Å²) in [6.07, 6.45) is 5.17. The van der Waals surface area contributed by atoms with Gasteiger partial charge in [-0.3, -0.25) is 0 Å². The molecule has 1 heterocycles. The number of halogens is 1. The van der Waals surface area contributed by atoms with Crippen molar-refractivity contribution in [3.05, 3.63) is 34.3 Å². The summed E-state index contributed by atoms with van der Waals surface area (Å²) in [5.41, 5.74) is 7.22. The third-order valence-electron chi connectivity index (χ3n) is 3.49. The molecule has 0 spiro atoms. The van der Waals surface area contributed by atoms with Crippen molar-refractivity contribution in [2.75, 3.05) is 13.2 Å². The lowest BCUT2D eigenvalue weighted by Gasteiger charge is -2.17. The Hall–Kier alpha value is -0.380. The molecule has 1 saturated heterocycles. The van der Waals surface area contributed by atoms with E-state index < -0.39 is 0 Å². The highest BCUT2D eigenvalue weighted by molar-refractivity contribution is 9.10. The van der Waals surface area contributed by atoms with Gasteiger partial charge in [0.2, 0.25) is 0 Å². The third kappa shape index (κ3) is 3.80. The van der Waals surface area contributed by atoms with Crippen molar-refractivity contribution in [2.24, 2.45) is 5.73 Å². The van der Waals surface area contributed by atoms with E-state index >= 15 is 0 Å². The maximum Gasteiger partial charge on any atom is 0.0576 e. The molecule has 1 aromatic carbocycles. The van der Waals surface area contributed by atoms with Gasteiger partial charge in [-0.25, -0.2) is 0 Å². The van der Waals surface area contributed by atoms with Crippen LogP contribution >= 0.6 is 15.9 Å². The molecule has 0 bridgehead atoms. The maximum absolute atomic E-state index is 5.88. The molecule has 0 saturated carbocycles. The molecular formula is C14H20BrNO. The monoisotopic (exact) mass is 297 g/mol. The Balaban J connectivity index is 1.89. The van der Waals surface area contributed by atoms with Gasteiger partial charge >= 0.3 is 0 Å². The van der Waals surface area contributed by atoms with Crippen molar-refractivity contribution in [2.45, 2.75) is 37.7 Å². The molecule has 1 fully saturated rings. The molecule has 3 heteroatoms. The van der Waals surface area contributed by atoms with Gasteiger partial charge in [-0.2, -0.15) is 0 Å². The molecule has 1 aromatic rings. The summed E-state index contributed by atoms with van der Waals surface area (Å²) in [6, 6.07) is 8.50. The van der Waals surface area contributed by atoms with E-state index in [0.717, 1.165) is 23.9 Å². The molecular weight excluding hydrogens is 278 g/mol. The van der Waals surface area contributed by atoms with Crippen LogP contribution in [0.1, 0.15) is 37.2 Å². The van der Waals surface area contributed by atoms with Crippen molar-refractivity contribution in [1.82, 2.24) is 0 Å². The van der Waals surface area contributed by atoms with Crippen LogP contribution in [0.4, 0.5) is 0 Å². The van der Waals surface area contributed by atoms with Gasteiger partial charge in [0.15, 0.2) is 0 Å². The number of nitrogens with two attached hydrogens (primary N) is 1. The van der Waals surface area contributed by atoms with Crippen LogP contribution in [0.15, 0.2) is 28.7 Å². The van der Waals surface area contributed by atoms with Gasteiger partial charge in [-0.1, -0.05) is 28.1 Å². The fourth-order valence-corrected chi connectivity index (χ4v) is 2.68. The molecule has 2 atom stereocenters. The second kappa shape index (κ2) is 6.53. The predicted molar refractivity (Wildman–Crippen MR) is 74.1 cm³/mol. The van der Waals surface area contributed by atoms with Crippen molar-refractivity contribution < 1.29 is 4.74 Å². The van der Waals surface area contributed by atoms with E-state index in [9.17, 15) is 0 Å². The van der Waals surface area contributed by atoms with E-state index in [-0.39, 0.29) is 0 Å². The Bertz CT molecular complexity index is 333. The first-order chi connectivity index (χ1) is 8.29. The summed E-state index contributed by atoms with van der Waals surface area (Å²) >= 11 is 3.46. The van der Waals surface area contributed by atoms with Gasteiger partial charge < -0.3 is 10.5 Å². The number of rotatable bonds is 5. The Morgan fingerprint density at radius 2 is 2.12 bits per heavy atom. The lowest BCUT2D eigenvalue weighted by molar-refractivity contribution is 0.101. The van der Waals surface area contributed by atoms with Crippen LogP contribution in [0.3, 0.4) is 0 Å². The van der Waals surface area contributed by atoms with Crippen LogP contribution in [0.25, 0.3) is 0 Å². The number of benzene rings is 1. The SMILES string of the molecule is NCC(CCC1CCCO1)c1ccc(Br)cc1. The molecule has 17 heavy (non-hydrogen) atoms. The fourth-order valence-electron chi connectivity index (χ4n) is 2.41. The minimum Gasteiger partial charge on any atom is -0.378 e. The molecule has 1 aliphatic heterocycles. The standard InChI is InChI=1S/C14H20BrNO/c15-13-6-3-11(4-7-13)12(10-16)5-8-14-2-1-9-17-14/h3-4,6-7,12,14H,1-2,5,8-10,16H2. The molecule has 0 aliphatic carbocycles. The molecule has 0 aromatic heterocycles. The van der Waals surface area contributed by atoms with Crippen LogP contribution < -0.4 is 5.73 Å². The number of ether oxygens (including phenoxy) is 1. The minimum absolute atomic E-state index is 0.465. The Labute approximate surface area is 112 Å². The van der Waals surface area contributed by atoms with Crippen LogP contribution in [-0.2, 0) is 4.74 Å². The van der Waals surface area contributed by atoms with Crippen molar-refractivity contribution >= 4 is 15.9 Å². The zero-order valence-electron chi connectivity index (χ0n) is 10.1. The molecule has 2 N–H and O–H groups in total. The van der Waals surface area contributed by atoms with Gasteiger partial charge in [-0.05, 0) is 55.8 Å². The lowest BCUT2D eigenvalue weighted by Crippen LogP contribution is -2.15. The summed E-state index contributed by atoms with van der Waals surface area (Å²) in [5.74, 6) is 0.465. The van der Waals surface area contributed by atoms with Crippen LogP contribution in [-0.4, -0.2) is 19.3 Å². The summed E-state index contributed by atoms with van der Waals surface area (Å²) in [5, 5.41) is 0. The first-order valence-corrected chi connectivity index (χ1v) is 7.16. The van der Waals surface area contributed by atoms with Crippen molar-refractivity contribution in [3.8, 4) is 0 Å². The van der Waals surface area contributed by atoms with E-state index in [1.54, 1.807) is 0 Å². The topological polar surface area (TPSA) is 35.2 Å². The molecule has 2 rings (SSSR count). The largest absolute Gasteiger partial charge is 0.378 e. The second-order valence-electron chi connectivity index (χ2n) is 4.70. The van der Waals surface area contributed by atoms with Gasteiger partial charge in [0.05, 0.1) is 6.10 Å². The van der Waals surface area contributed by atoms with Gasteiger partial charge in [0.1, 0.15) is 0 Å². The lowest BCUT2D eigenvalue weighted by atomic mass is 9.92. The summed E-state index contributed by atoms with van der Waals surface area (Å²) in [6.45, 7) is 1.66. The first-order valence-electron chi connectivity index (χ1n) is 6.36. The van der Waals surface area contributed by atoms with E-state index in [0.29, 0.717) is 18.6 Å². The number of hydrogen-bond donors (Lipinski definition) is 1. The molecule has 1 aliphatic rings. The quantitative estimate of drug-likeness (QED) is 0.903. The fraction of sp³-hybridized carbons (Fsp3) is 0.571. The van der Waals surface area contributed by atoms with Crippen LogP contribution in [0.2, 0.25) is 0 Å². The van der Waals surface area contributed by atoms with Crippen LogP contribution in [0.5, 0.6) is 0 Å². The highest BCUT2D eigenvalue weighted by Crippen LogP contribution is 2.26. The molecule has 2 unspecified atom stereocenters. The van der Waals surface area contributed by atoms with Crippen LogP contribution in [0, 0.1) is 0 Å². The van der Waals surface area contributed by atoms with E-state index in [1.807, 2.05) is 0 Å². The highest BCUT2D eigenvalue weighted by atomic mass is 79.9.